The lowest BCUT2D eigenvalue weighted by molar-refractivity contribution is -0.133. The van der Waals surface area contributed by atoms with Crippen molar-refractivity contribution in [3.8, 4) is 0 Å². The highest BCUT2D eigenvalue weighted by Gasteiger charge is 2.59. The summed E-state index contributed by atoms with van der Waals surface area (Å²) in [5.74, 6) is 5.72. The minimum absolute atomic E-state index is 0.203. The van der Waals surface area contributed by atoms with Crippen LogP contribution < -0.4 is 0 Å². The van der Waals surface area contributed by atoms with Gasteiger partial charge in [0, 0.05) is 6.61 Å². The quantitative estimate of drug-likeness (QED) is 0.207. The van der Waals surface area contributed by atoms with Crippen molar-refractivity contribution in [2.24, 2.45) is 46.3 Å². The maximum absolute atomic E-state index is 10.7. The van der Waals surface area contributed by atoms with E-state index in [0.717, 1.165) is 60.7 Å². The second-order valence-corrected chi connectivity index (χ2v) is 14.9. The Morgan fingerprint density at radius 1 is 1.08 bits per heavy atom. The summed E-state index contributed by atoms with van der Waals surface area (Å²) in [5.41, 5.74) is 2.67. The number of thioether (sulfide) groups is 1. The van der Waals surface area contributed by atoms with Gasteiger partial charge in [0.25, 0.3) is 0 Å². The predicted molar refractivity (Wildman–Crippen MR) is 152 cm³/mol. The lowest BCUT2D eigenvalue weighted by atomic mass is 9.47. The Bertz CT molecular complexity index is 777. The third-order valence-corrected chi connectivity index (χ3v) is 12.3. The Morgan fingerprint density at radius 3 is 2.64 bits per heavy atom. The van der Waals surface area contributed by atoms with Crippen LogP contribution in [0.3, 0.4) is 0 Å². The summed E-state index contributed by atoms with van der Waals surface area (Å²) in [5, 5.41) is 8.78. The van der Waals surface area contributed by atoms with Gasteiger partial charge < -0.3 is 9.84 Å². The largest absolute Gasteiger partial charge is 0.481 e. The molecule has 3 saturated carbocycles. The first-order valence-corrected chi connectivity index (χ1v) is 16.4. The molecule has 4 aliphatic carbocycles. The van der Waals surface area contributed by atoms with E-state index in [1.807, 2.05) is 0 Å². The Balaban J connectivity index is 1.33. The third kappa shape index (κ3) is 6.05. The molecule has 206 valence electrons. The molecule has 4 aliphatic rings. The predicted octanol–water partition coefficient (Wildman–Crippen LogP) is 8.62. The molecule has 3 nitrogen and oxygen atoms in total. The number of carboxylic acid groups (broad SMARTS) is 1. The zero-order valence-electron chi connectivity index (χ0n) is 23.9. The van der Waals surface area contributed by atoms with Gasteiger partial charge in [-0.1, -0.05) is 65.5 Å². The fourth-order valence-corrected chi connectivity index (χ4v) is 10.0. The SMILES string of the molecule is CC(C)CCC[C@@H](C)[C@H]1CCC2C3CC=C4CC(OCCCSCC(=O)O)CC[C@]4(C)C3CC[C@@]21C. The van der Waals surface area contributed by atoms with E-state index in [2.05, 4.69) is 40.7 Å². The summed E-state index contributed by atoms with van der Waals surface area (Å²) in [6.07, 6.45) is 19.0. The molecule has 0 radical (unpaired) electrons. The van der Waals surface area contributed by atoms with Crippen molar-refractivity contribution in [3.63, 3.8) is 0 Å². The lowest BCUT2D eigenvalue weighted by Crippen LogP contribution is -2.51. The standard InChI is InChI=1S/C32H54O3S/c1-22(2)8-6-9-23(3)27-12-13-28-26-11-10-24-20-25(35-18-7-19-36-21-30(33)34)14-16-31(24,4)29(26)15-17-32(27,28)5/h10,22-23,25-29H,6-9,11-21H2,1-5H3,(H,33,34)/t23-,25?,26?,27-,28?,29?,31+,32-/m1/s1. The topological polar surface area (TPSA) is 46.5 Å². The monoisotopic (exact) mass is 518 g/mol. The van der Waals surface area contributed by atoms with Crippen LogP contribution in [0.4, 0.5) is 0 Å². The fraction of sp³-hybridized carbons (Fsp3) is 0.906. The van der Waals surface area contributed by atoms with E-state index in [-0.39, 0.29) is 5.75 Å². The highest BCUT2D eigenvalue weighted by molar-refractivity contribution is 7.99. The summed E-state index contributed by atoms with van der Waals surface area (Å²) in [7, 11) is 0. The minimum Gasteiger partial charge on any atom is -0.481 e. The van der Waals surface area contributed by atoms with E-state index in [4.69, 9.17) is 9.84 Å². The normalized spacial score (nSPS) is 38.7. The van der Waals surface area contributed by atoms with Gasteiger partial charge >= 0.3 is 5.97 Å². The number of rotatable bonds is 12. The van der Waals surface area contributed by atoms with Gasteiger partial charge in [0.15, 0.2) is 0 Å². The Kier molecular flexibility index (Phi) is 9.62. The molecular formula is C32H54O3S. The molecule has 36 heavy (non-hydrogen) atoms. The summed E-state index contributed by atoms with van der Waals surface area (Å²) < 4.78 is 6.29. The van der Waals surface area contributed by atoms with Crippen LogP contribution in [0.1, 0.15) is 112 Å². The third-order valence-electron chi connectivity index (χ3n) is 11.3. The van der Waals surface area contributed by atoms with Gasteiger partial charge in [-0.2, -0.15) is 11.8 Å². The molecule has 0 aliphatic heterocycles. The van der Waals surface area contributed by atoms with Crippen molar-refractivity contribution in [2.75, 3.05) is 18.1 Å². The number of hydrogen-bond acceptors (Lipinski definition) is 3. The molecular weight excluding hydrogens is 464 g/mol. The van der Waals surface area contributed by atoms with Crippen LogP contribution in [0.15, 0.2) is 11.6 Å². The van der Waals surface area contributed by atoms with Crippen LogP contribution in [-0.2, 0) is 9.53 Å². The van der Waals surface area contributed by atoms with E-state index in [1.165, 1.54) is 76.0 Å². The number of carbonyl (C=O) groups is 1. The lowest BCUT2D eigenvalue weighted by Gasteiger charge is -2.58. The molecule has 4 rings (SSSR count). The maximum atomic E-state index is 10.7. The number of carboxylic acids is 1. The van der Waals surface area contributed by atoms with Gasteiger partial charge in [-0.05, 0) is 110 Å². The number of fused-ring (bicyclic) bond motifs is 5. The first kappa shape index (κ1) is 28.5. The van der Waals surface area contributed by atoms with E-state index in [0.29, 0.717) is 16.9 Å². The maximum Gasteiger partial charge on any atom is 0.313 e. The van der Waals surface area contributed by atoms with Gasteiger partial charge in [-0.25, -0.2) is 0 Å². The van der Waals surface area contributed by atoms with Gasteiger partial charge in [0.1, 0.15) is 0 Å². The minimum atomic E-state index is -0.720. The summed E-state index contributed by atoms with van der Waals surface area (Å²) >= 11 is 1.50. The molecule has 0 amide bonds. The molecule has 0 heterocycles. The summed E-state index contributed by atoms with van der Waals surface area (Å²) in [6.45, 7) is 13.4. The van der Waals surface area contributed by atoms with Crippen molar-refractivity contribution in [1.29, 1.82) is 0 Å². The zero-order chi connectivity index (χ0) is 25.9. The van der Waals surface area contributed by atoms with Crippen LogP contribution in [0.2, 0.25) is 0 Å². The Morgan fingerprint density at radius 2 is 1.89 bits per heavy atom. The molecule has 0 aromatic rings. The van der Waals surface area contributed by atoms with E-state index < -0.39 is 5.97 Å². The molecule has 4 unspecified atom stereocenters. The summed E-state index contributed by atoms with van der Waals surface area (Å²) in [4.78, 5) is 10.7. The average Bonchev–Trinajstić information content (AvgIpc) is 3.18. The molecule has 3 fully saturated rings. The van der Waals surface area contributed by atoms with Crippen LogP contribution in [0, 0.1) is 46.3 Å². The first-order chi connectivity index (χ1) is 17.1. The van der Waals surface area contributed by atoms with Crippen molar-refractivity contribution < 1.29 is 14.6 Å². The molecule has 0 saturated heterocycles. The summed E-state index contributed by atoms with van der Waals surface area (Å²) in [6, 6.07) is 0. The number of aliphatic carboxylic acids is 1. The number of ether oxygens (including phenoxy) is 1. The zero-order valence-corrected chi connectivity index (χ0v) is 24.7. The van der Waals surface area contributed by atoms with Crippen molar-refractivity contribution in [1.82, 2.24) is 0 Å². The molecule has 0 aromatic carbocycles. The van der Waals surface area contributed by atoms with Crippen molar-refractivity contribution in [2.45, 2.75) is 118 Å². The van der Waals surface area contributed by atoms with E-state index >= 15 is 0 Å². The van der Waals surface area contributed by atoms with E-state index in [9.17, 15) is 4.79 Å². The van der Waals surface area contributed by atoms with Crippen LogP contribution in [0.25, 0.3) is 0 Å². The highest BCUT2D eigenvalue weighted by Crippen LogP contribution is 2.67. The molecule has 0 bridgehead atoms. The van der Waals surface area contributed by atoms with Gasteiger partial charge in [0.2, 0.25) is 0 Å². The van der Waals surface area contributed by atoms with Crippen molar-refractivity contribution in [3.05, 3.63) is 11.6 Å². The van der Waals surface area contributed by atoms with Crippen LogP contribution in [-0.4, -0.2) is 35.3 Å². The Labute approximate surface area is 226 Å². The first-order valence-electron chi connectivity index (χ1n) is 15.3. The van der Waals surface area contributed by atoms with E-state index in [1.54, 1.807) is 5.57 Å². The molecule has 0 spiro atoms. The molecule has 0 aromatic heterocycles. The number of hydrogen-bond donors (Lipinski definition) is 1. The molecule has 1 N–H and O–H groups in total. The number of allylic oxidation sites excluding steroid dienone is 1. The van der Waals surface area contributed by atoms with Crippen molar-refractivity contribution >= 4 is 17.7 Å². The smallest absolute Gasteiger partial charge is 0.313 e. The highest BCUT2D eigenvalue weighted by atomic mass is 32.2. The second kappa shape index (κ2) is 12.1. The van der Waals surface area contributed by atoms with Gasteiger partial charge in [0.05, 0.1) is 11.9 Å². The van der Waals surface area contributed by atoms with Crippen LogP contribution >= 0.6 is 11.8 Å². The van der Waals surface area contributed by atoms with Gasteiger partial charge in [-0.3, -0.25) is 4.79 Å². The average molecular weight is 519 g/mol. The van der Waals surface area contributed by atoms with Gasteiger partial charge in [-0.15, -0.1) is 0 Å². The van der Waals surface area contributed by atoms with Crippen LogP contribution in [0.5, 0.6) is 0 Å². The fourth-order valence-electron chi connectivity index (χ4n) is 9.36. The second-order valence-electron chi connectivity index (χ2n) is 13.8. The Hall–Kier alpha value is -0.480. The molecule has 4 heteroatoms. The molecule has 8 atom stereocenters.